The van der Waals surface area contributed by atoms with Crippen LogP contribution in [0.25, 0.3) is 21.5 Å². The Hall–Kier alpha value is -1.74. The van der Waals surface area contributed by atoms with Crippen molar-refractivity contribution in [1.29, 1.82) is 0 Å². The predicted octanol–water partition coefficient (Wildman–Crippen LogP) is 13.6. The maximum Gasteiger partial charge on any atom is 0.0976 e. The first-order valence-electron chi connectivity index (χ1n) is 18.6. The average Bonchev–Trinajstić information content (AvgIpc) is 3.50. The van der Waals surface area contributed by atoms with Gasteiger partial charge in [-0.05, 0) is 61.6 Å². The molecular weight excluding hydrogens is 541 g/mol. The molecule has 43 heavy (non-hydrogen) atoms. The molecule has 0 bridgehead atoms. The summed E-state index contributed by atoms with van der Waals surface area (Å²) in [6, 6.07) is 9.08. The van der Waals surface area contributed by atoms with E-state index in [-0.39, 0.29) is 0 Å². The summed E-state index contributed by atoms with van der Waals surface area (Å²) in [5.74, 6) is 0. The zero-order chi connectivity index (χ0) is 30.4. The Bertz CT molecular complexity index is 1120. The summed E-state index contributed by atoms with van der Waals surface area (Å²) >= 11 is 1.89. The molecule has 0 saturated carbocycles. The number of hydrogen-bond donors (Lipinski definition) is 0. The highest BCUT2D eigenvalue weighted by molar-refractivity contribution is 7.13. The quantitative estimate of drug-likeness (QED) is 0.0852. The third-order valence-corrected chi connectivity index (χ3v) is 10.1. The molecule has 0 saturated heterocycles. The second kappa shape index (κ2) is 22.7. The largest absolute Gasteiger partial charge is 0.249 e. The molecule has 3 rings (SSSR count). The summed E-state index contributed by atoms with van der Waals surface area (Å²) in [6.07, 6.45) is 33.2. The molecule has 2 heterocycles. The van der Waals surface area contributed by atoms with Crippen LogP contribution in [0.2, 0.25) is 0 Å². The van der Waals surface area contributed by atoms with Crippen molar-refractivity contribution in [2.24, 2.45) is 0 Å². The van der Waals surface area contributed by atoms with Gasteiger partial charge in [0.05, 0.1) is 22.4 Å². The smallest absolute Gasteiger partial charge is 0.0976 e. The average molecular weight is 605 g/mol. The van der Waals surface area contributed by atoms with Crippen LogP contribution >= 0.6 is 11.3 Å². The maximum absolute atomic E-state index is 5.39. The zero-order valence-electron chi connectivity index (χ0n) is 28.4. The molecule has 0 atom stereocenters. The van der Waals surface area contributed by atoms with Gasteiger partial charge in [0.2, 0.25) is 0 Å². The molecular formula is C40H64N2S. The van der Waals surface area contributed by atoms with Crippen molar-refractivity contribution in [3.8, 4) is 10.4 Å². The predicted molar refractivity (Wildman–Crippen MR) is 193 cm³/mol. The summed E-state index contributed by atoms with van der Waals surface area (Å²) in [6.45, 7) is 6.89. The molecule has 0 aliphatic rings. The van der Waals surface area contributed by atoms with Crippen LogP contribution in [0.15, 0.2) is 29.6 Å². The number of rotatable bonds is 26. The first kappa shape index (κ1) is 35.7. The van der Waals surface area contributed by atoms with Gasteiger partial charge in [0.15, 0.2) is 0 Å². The molecule has 0 amide bonds. The molecule has 3 aromatic rings. The van der Waals surface area contributed by atoms with Crippen LogP contribution in [-0.2, 0) is 19.3 Å². The molecule has 0 radical (unpaired) electrons. The van der Waals surface area contributed by atoms with Crippen LogP contribution in [0, 0.1) is 0 Å². The number of thiophene rings is 1. The van der Waals surface area contributed by atoms with Crippen molar-refractivity contribution in [3.63, 3.8) is 0 Å². The van der Waals surface area contributed by atoms with Gasteiger partial charge < -0.3 is 0 Å². The van der Waals surface area contributed by atoms with E-state index >= 15 is 0 Å². The number of fused-ring (bicyclic) bond motifs is 1. The van der Waals surface area contributed by atoms with E-state index in [9.17, 15) is 0 Å². The number of nitrogens with zero attached hydrogens (tertiary/aromatic N) is 2. The molecule has 0 spiro atoms. The van der Waals surface area contributed by atoms with Crippen molar-refractivity contribution < 1.29 is 0 Å². The fourth-order valence-corrected chi connectivity index (χ4v) is 7.33. The molecule has 0 N–H and O–H groups in total. The molecule has 0 unspecified atom stereocenters. The molecule has 0 aliphatic heterocycles. The number of aryl methyl sites for hydroxylation is 3. The minimum absolute atomic E-state index is 1.07. The molecule has 240 valence electrons. The van der Waals surface area contributed by atoms with Crippen molar-refractivity contribution in [1.82, 2.24) is 9.97 Å². The van der Waals surface area contributed by atoms with Crippen molar-refractivity contribution >= 4 is 22.4 Å². The summed E-state index contributed by atoms with van der Waals surface area (Å²) < 4.78 is 0. The van der Waals surface area contributed by atoms with E-state index in [1.807, 2.05) is 11.3 Å². The maximum atomic E-state index is 5.39. The lowest BCUT2D eigenvalue weighted by atomic mass is 10.0. The SMILES string of the molecule is CCCCCCCCCCCCc1csc(-c2cccc3nc(CCCCCCCC)c(CCCCCCCC)nc23)c1. The van der Waals surface area contributed by atoms with E-state index in [0.29, 0.717) is 0 Å². The van der Waals surface area contributed by atoms with Crippen LogP contribution in [0.4, 0.5) is 0 Å². The van der Waals surface area contributed by atoms with E-state index in [0.717, 1.165) is 23.9 Å². The standard InChI is InChI=1S/C40H64N2S/c1-4-7-10-13-16-17-18-19-20-23-27-34-32-39(43-33-34)35-28-26-31-38-40(35)42-37(30-25-22-15-12-9-6-3)36(41-38)29-24-21-14-11-8-5-2/h26,28,31-33H,4-25,27,29-30H2,1-3H3. The van der Waals surface area contributed by atoms with Gasteiger partial charge in [0.1, 0.15) is 0 Å². The van der Waals surface area contributed by atoms with Gasteiger partial charge in [0.25, 0.3) is 0 Å². The number of benzene rings is 1. The van der Waals surface area contributed by atoms with E-state index < -0.39 is 0 Å². The van der Waals surface area contributed by atoms with E-state index in [4.69, 9.17) is 9.97 Å². The van der Waals surface area contributed by atoms with Crippen molar-refractivity contribution in [3.05, 3.63) is 46.6 Å². The Labute approximate surface area is 269 Å². The number of unbranched alkanes of at least 4 members (excludes halogenated alkanes) is 19. The molecule has 3 heteroatoms. The Morgan fingerprint density at radius 1 is 0.512 bits per heavy atom. The van der Waals surface area contributed by atoms with Gasteiger partial charge in [-0.3, -0.25) is 0 Å². The third-order valence-electron chi connectivity index (χ3n) is 9.12. The Morgan fingerprint density at radius 3 is 1.51 bits per heavy atom. The summed E-state index contributed by atoms with van der Waals surface area (Å²) in [5.41, 5.74) is 7.50. The number of aromatic nitrogens is 2. The van der Waals surface area contributed by atoms with E-state index in [1.54, 1.807) is 0 Å². The van der Waals surface area contributed by atoms with Crippen molar-refractivity contribution in [2.45, 2.75) is 181 Å². The van der Waals surface area contributed by atoms with E-state index in [1.165, 1.54) is 175 Å². The van der Waals surface area contributed by atoms with Crippen LogP contribution in [0.5, 0.6) is 0 Å². The van der Waals surface area contributed by atoms with Crippen molar-refractivity contribution in [2.75, 3.05) is 0 Å². The zero-order valence-corrected chi connectivity index (χ0v) is 29.2. The van der Waals surface area contributed by atoms with Gasteiger partial charge in [-0.2, -0.15) is 0 Å². The molecule has 1 aromatic carbocycles. The van der Waals surface area contributed by atoms with Crippen LogP contribution in [-0.4, -0.2) is 9.97 Å². The summed E-state index contributed by atoms with van der Waals surface area (Å²) in [7, 11) is 0. The molecule has 2 aromatic heterocycles. The fraction of sp³-hybridized carbons (Fsp3) is 0.700. The van der Waals surface area contributed by atoms with Gasteiger partial charge >= 0.3 is 0 Å². The Morgan fingerprint density at radius 2 is 0.977 bits per heavy atom. The minimum atomic E-state index is 1.07. The Balaban J connectivity index is 1.60. The van der Waals surface area contributed by atoms with Crippen LogP contribution < -0.4 is 0 Å². The lowest BCUT2D eigenvalue weighted by molar-refractivity contribution is 0.556. The molecule has 0 fully saturated rings. The normalized spacial score (nSPS) is 11.6. The fourth-order valence-electron chi connectivity index (χ4n) is 6.36. The van der Waals surface area contributed by atoms with Gasteiger partial charge in [-0.1, -0.05) is 155 Å². The highest BCUT2D eigenvalue weighted by atomic mass is 32.1. The lowest BCUT2D eigenvalue weighted by Crippen LogP contribution is -2.04. The number of para-hydroxylation sites is 1. The summed E-state index contributed by atoms with van der Waals surface area (Å²) in [5, 5.41) is 2.39. The highest BCUT2D eigenvalue weighted by Crippen LogP contribution is 2.33. The number of hydrogen-bond acceptors (Lipinski definition) is 3. The van der Waals surface area contributed by atoms with Crippen LogP contribution in [0.1, 0.15) is 179 Å². The van der Waals surface area contributed by atoms with E-state index in [2.05, 4.69) is 50.4 Å². The molecule has 0 aliphatic carbocycles. The second-order valence-electron chi connectivity index (χ2n) is 13.1. The monoisotopic (exact) mass is 604 g/mol. The first-order chi connectivity index (χ1) is 21.3. The first-order valence-corrected chi connectivity index (χ1v) is 19.5. The molecule has 2 nitrogen and oxygen atoms in total. The lowest BCUT2D eigenvalue weighted by Gasteiger charge is -2.12. The van der Waals surface area contributed by atoms with Gasteiger partial charge in [-0.25, -0.2) is 9.97 Å². The highest BCUT2D eigenvalue weighted by Gasteiger charge is 2.14. The van der Waals surface area contributed by atoms with Crippen LogP contribution in [0.3, 0.4) is 0 Å². The second-order valence-corrected chi connectivity index (χ2v) is 14.0. The summed E-state index contributed by atoms with van der Waals surface area (Å²) in [4.78, 5) is 12.0. The van der Waals surface area contributed by atoms with Gasteiger partial charge in [-0.15, -0.1) is 11.3 Å². The topological polar surface area (TPSA) is 25.8 Å². The Kier molecular flexibility index (Phi) is 18.9. The third kappa shape index (κ3) is 13.8. The van der Waals surface area contributed by atoms with Gasteiger partial charge in [0, 0.05) is 10.4 Å². The minimum Gasteiger partial charge on any atom is -0.249 e.